The number of aromatic nitrogens is 2. The Morgan fingerprint density at radius 3 is 2.86 bits per heavy atom. The van der Waals surface area contributed by atoms with Crippen molar-refractivity contribution < 1.29 is 23.1 Å². The van der Waals surface area contributed by atoms with Gasteiger partial charge < -0.3 is 9.64 Å². The topological polar surface area (TPSA) is 67.7 Å². The van der Waals surface area contributed by atoms with Crippen molar-refractivity contribution in [2.45, 2.75) is 26.2 Å². The molecule has 29 heavy (non-hydrogen) atoms. The number of hydrogen-bond acceptors (Lipinski definition) is 5. The number of hydrogen-bond donors (Lipinski definition) is 0. The summed E-state index contributed by atoms with van der Waals surface area (Å²) in [5.41, 5.74) is -1.26. The Labute approximate surface area is 169 Å². The Hall–Kier alpha value is -2.29. The van der Waals surface area contributed by atoms with Crippen LogP contribution in [0.1, 0.15) is 42.2 Å². The van der Waals surface area contributed by atoms with Crippen molar-refractivity contribution in [3.05, 3.63) is 30.1 Å². The summed E-state index contributed by atoms with van der Waals surface area (Å²) in [6, 6.07) is 0. The van der Waals surface area contributed by atoms with Crippen molar-refractivity contribution in [3.63, 3.8) is 0 Å². The number of likely N-dealkylation sites (tertiary alicyclic amines) is 2. The molecule has 1 amide bonds. The third-order valence-electron chi connectivity index (χ3n) is 5.91. The molecular formula is C20H28F2N4O3. The normalized spacial score (nSPS) is 25.0. The molecule has 0 saturated carbocycles. The highest BCUT2D eigenvalue weighted by Crippen LogP contribution is 2.44. The third-order valence-corrected chi connectivity index (χ3v) is 5.91. The first kappa shape index (κ1) is 21.4. The lowest BCUT2D eigenvalue weighted by Crippen LogP contribution is -2.43. The maximum absolute atomic E-state index is 13.3. The number of amides is 1. The number of esters is 1. The summed E-state index contributed by atoms with van der Waals surface area (Å²) in [7, 11) is 1.51. The van der Waals surface area contributed by atoms with Crippen LogP contribution in [0, 0.1) is 11.3 Å². The maximum Gasteiger partial charge on any atom is 0.313 e. The second-order valence-electron chi connectivity index (χ2n) is 7.81. The second-order valence-corrected chi connectivity index (χ2v) is 7.81. The summed E-state index contributed by atoms with van der Waals surface area (Å²) in [4.78, 5) is 29.7. The fourth-order valence-electron chi connectivity index (χ4n) is 4.65. The quantitative estimate of drug-likeness (QED) is 0.532. The van der Waals surface area contributed by atoms with Crippen molar-refractivity contribution in [3.8, 4) is 0 Å². The Kier molecular flexibility index (Phi) is 6.36. The van der Waals surface area contributed by atoms with Gasteiger partial charge in [0.05, 0.1) is 17.6 Å². The van der Waals surface area contributed by atoms with Crippen LogP contribution in [0.5, 0.6) is 0 Å². The minimum Gasteiger partial charge on any atom is -0.466 e. The van der Waals surface area contributed by atoms with E-state index in [0.29, 0.717) is 52.2 Å². The summed E-state index contributed by atoms with van der Waals surface area (Å²) in [6.45, 7) is 8.41. The van der Waals surface area contributed by atoms with E-state index in [2.05, 4.69) is 16.6 Å². The minimum absolute atomic E-state index is 0.0768. The molecule has 0 aliphatic carbocycles. The zero-order chi connectivity index (χ0) is 21.2. The van der Waals surface area contributed by atoms with Crippen molar-refractivity contribution in [2.24, 2.45) is 18.4 Å². The molecule has 1 aromatic heterocycles. The predicted molar refractivity (Wildman–Crippen MR) is 102 cm³/mol. The van der Waals surface area contributed by atoms with E-state index < -0.39 is 23.4 Å². The first-order valence-corrected chi connectivity index (χ1v) is 9.93. The van der Waals surface area contributed by atoms with E-state index in [1.165, 1.54) is 17.9 Å². The number of ether oxygens (including phenoxy) is 1. The van der Waals surface area contributed by atoms with E-state index in [9.17, 15) is 18.4 Å². The van der Waals surface area contributed by atoms with Crippen molar-refractivity contribution >= 4 is 11.9 Å². The summed E-state index contributed by atoms with van der Waals surface area (Å²) in [5, 5.41) is 3.74. The van der Waals surface area contributed by atoms with Gasteiger partial charge in [0.15, 0.2) is 0 Å². The standard InChI is InChI=1S/C20H28F2N4O3/c1-4-8-25-10-14-11-26(9-6-7-20(14,13-25)19(28)29-5-2)18(27)15-12-24(3)23-16(15)17(21)22/h4,12,14,17H,1,5-11,13H2,2-3H3/t14-,20+/m1/s1. The number of halogens is 2. The first-order chi connectivity index (χ1) is 13.8. The number of fused-ring (bicyclic) bond motifs is 1. The van der Waals surface area contributed by atoms with Gasteiger partial charge in [0, 0.05) is 51.9 Å². The van der Waals surface area contributed by atoms with Gasteiger partial charge in [-0.2, -0.15) is 5.10 Å². The lowest BCUT2D eigenvalue weighted by Gasteiger charge is -2.31. The molecule has 160 valence electrons. The van der Waals surface area contributed by atoms with Crippen molar-refractivity contribution in [2.75, 3.05) is 39.3 Å². The summed E-state index contributed by atoms with van der Waals surface area (Å²) >= 11 is 0. The molecule has 2 fully saturated rings. The largest absolute Gasteiger partial charge is 0.466 e. The van der Waals surface area contributed by atoms with Gasteiger partial charge in [0.2, 0.25) is 0 Å². The SMILES string of the molecule is C=CCN1C[C@@H]2CN(C(=O)c3cn(C)nc3C(F)F)CCC[C@]2(C(=O)OCC)C1. The molecule has 0 radical (unpaired) electrons. The summed E-state index contributed by atoms with van der Waals surface area (Å²) in [5.74, 6) is -0.824. The van der Waals surface area contributed by atoms with Crippen molar-refractivity contribution in [1.82, 2.24) is 19.6 Å². The highest BCUT2D eigenvalue weighted by atomic mass is 19.3. The van der Waals surface area contributed by atoms with Crippen LogP contribution in [0.15, 0.2) is 18.9 Å². The van der Waals surface area contributed by atoms with Gasteiger partial charge in [-0.3, -0.25) is 19.2 Å². The van der Waals surface area contributed by atoms with Crippen LogP contribution in [-0.4, -0.2) is 70.8 Å². The minimum atomic E-state index is -2.82. The van der Waals surface area contributed by atoms with Crippen LogP contribution in [-0.2, 0) is 16.6 Å². The molecule has 2 saturated heterocycles. The Bertz CT molecular complexity index is 782. The summed E-state index contributed by atoms with van der Waals surface area (Å²) in [6.07, 6.45) is 1.51. The molecule has 0 aromatic carbocycles. The average Bonchev–Trinajstić information content (AvgIpc) is 3.17. The van der Waals surface area contributed by atoms with E-state index >= 15 is 0 Å². The zero-order valence-corrected chi connectivity index (χ0v) is 16.9. The van der Waals surface area contributed by atoms with Crippen LogP contribution < -0.4 is 0 Å². The van der Waals surface area contributed by atoms with Gasteiger partial charge in [0.25, 0.3) is 12.3 Å². The first-order valence-electron chi connectivity index (χ1n) is 9.93. The molecule has 0 spiro atoms. The van der Waals surface area contributed by atoms with Crippen LogP contribution in [0.3, 0.4) is 0 Å². The fraction of sp³-hybridized carbons (Fsp3) is 0.650. The average molecular weight is 410 g/mol. The molecule has 9 heteroatoms. The third kappa shape index (κ3) is 4.05. The van der Waals surface area contributed by atoms with Crippen LogP contribution in [0.4, 0.5) is 8.78 Å². The molecule has 2 atom stereocenters. The van der Waals surface area contributed by atoms with Gasteiger partial charge in [-0.1, -0.05) is 6.08 Å². The summed E-state index contributed by atoms with van der Waals surface area (Å²) < 4.78 is 33.3. The molecule has 0 bridgehead atoms. The molecule has 1 aromatic rings. The van der Waals surface area contributed by atoms with Crippen LogP contribution in [0.25, 0.3) is 0 Å². The number of nitrogens with zero attached hydrogens (tertiary/aromatic N) is 4. The number of rotatable bonds is 6. The van der Waals surface area contributed by atoms with E-state index in [1.54, 1.807) is 17.9 Å². The lowest BCUT2D eigenvalue weighted by atomic mass is 9.75. The highest BCUT2D eigenvalue weighted by molar-refractivity contribution is 5.95. The second kappa shape index (κ2) is 8.61. The Morgan fingerprint density at radius 1 is 1.45 bits per heavy atom. The lowest BCUT2D eigenvalue weighted by molar-refractivity contribution is -0.157. The molecule has 3 rings (SSSR count). The fourth-order valence-corrected chi connectivity index (χ4v) is 4.65. The molecule has 2 aliphatic rings. The Morgan fingerprint density at radius 2 is 2.21 bits per heavy atom. The van der Waals surface area contributed by atoms with Gasteiger partial charge in [-0.15, -0.1) is 6.58 Å². The highest BCUT2D eigenvalue weighted by Gasteiger charge is 2.54. The smallest absolute Gasteiger partial charge is 0.313 e. The predicted octanol–water partition coefficient (Wildman–Crippen LogP) is 2.26. The monoisotopic (exact) mass is 410 g/mol. The van der Waals surface area contributed by atoms with E-state index in [0.717, 1.165) is 0 Å². The van der Waals surface area contributed by atoms with Crippen LogP contribution >= 0.6 is 0 Å². The molecule has 7 nitrogen and oxygen atoms in total. The van der Waals surface area contributed by atoms with E-state index in [-0.39, 0.29) is 17.5 Å². The van der Waals surface area contributed by atoms with Gasteiger partial charge >= 0.3 is 5.97 Å². The van der Waals surface area contributed by atoms with Gasteiger partial charge in [-0.25, -0.2) is 8.78 Å². The van der Waals surface area contributed by atoms with Gasteiger partial charge in [0.1, 0.15) is 5.69 Å². The number of alkyl halides is 2. The molecule has 2 aliphatic heterocycles. The van der Waals surface area contributed by atoms with E-state index in [4.69, 9.17) is 4.74 Å². The van der Waals surface area contributed by atoms with Gasteiger partial charge in [-0.05, 0) is 19.8 Å². The number of carbonyl (C=O) groups is 2. The number of carbonyl (C=O) groups excluding carboxylic acids is 2. The van der Waals surface area contributed by atoms with E-state index in [1.807, 2.05) is 0 Å². The van der Waals surface area contributed by atoms with Crippen molar-refractivity contribution in [1.29, 1.82) is 0 Å². The number of aryl methyl sites for hydroxylation is 1. The molecule has 0 N–H and O–H groups in total. The molecule has 0 unspecified atom stereocenters. The molecular weight excluding hydrogens is 382 g/mol. The zero-order valence-electron chi connectivity index (χ0n) is 16.9. The Balaban J connectivity index is 1.87. The maximum atomic E-state index is 13.3. The van der Waals surface area contributed by atoms with Crippen LogP contribution in [0.2, 0.25) is 0 Å². The molecule has 3 heterocycles.